The van der Waals surface area contributed by atoms with Gasteiger partial charge in [-0.3, -0.25) is 9.69 Å². The van der Waals surface area contributed by atoms with Crippen molar-refractivity contribution in [3.05, 3.63) is 35.9 Å². The minimum atomic E-state index is -0.788. The number of carboxylic acid groups (broad SMARTS) is 1. The molecule has 14 heavy (non-hydrogen) atoms. The number of likely N-dealkylation sites (N-methyl/N-ethyl adjacent to an activating group) is 1. The quantitative estimate of drug-likeness (QED) is 0.789. The van der Waals surface area contributed by atoms with E-state index in [0.717, 1.165) is 5.56 Å². The van der Waals surface area contributed by atoms with Crippen LogP contribution in [-0.2, 0) is 11.3 Å². The van der Waals surface area contributed by atoms with Crippen LogP contribution in [0.5, 0.6) is 0 Å². The van der Waals surface area contributed by atoms with Crippen LogP contribution in [0.1, 0.15) is 12.5 Å². The highest BCUT2D eigenvalue weighted by molar-refractivity contribution is 5.72. The average molecular weight is 193 g/mol. The van der Waals surface area contributed by atoms with Crippen molar-refractivity contribution in [1.29, 1.82) is 0 Å². The van der Waals surface area contributed by atoms with Gasteiger partial charge in [0.05, 0.1) is 0 Å². The molecule has 0 amide bonds. The number of benzene rings is 1. The molecule has 0 bridgehead atoms. The van der Waals surface area contributed by atoms with Gasteiger partial charge < -0.3 is 5.11 Å². The molecule has 76 valence electrons. The van der Waals surface area contributed by atoms with Crippen molar-refractivity contribution in [2.24, 2.45) is 0 Å². The predicted octanol–water partition coefficient (Wildman–Crippen LogP) is 1.59. The maximum Gasteiger partial charge on any atom is 0.320 e. The summed E-state index contributed by atoms with van der Waals surface area (Å²) in [5.41, 5.74) is 1.13. The van der Waals surface area contributed by atoms with Gasteiger partial charge in [0.2, 0.25) is 0 Å². The van der Waals surface area contributed by atoms with E-state index in [4.69, 9.17) is 5.11 Å². The molecule has 0 aromatic heterocycles. The summed E-state index contributed by atoms with van der Waals surface area (Å²) in [6.07, 6.45) is 0. The lowest BCUT2D eigenvalue weighted by molar-refractivity contribution is -0.142. The first-order valence-electron chi connectivity index (χ1n) is 4.58. The molecule has 1 aromatic carbocycles. The van der Waals surface area contributed by atoms with Gasteiger partial charge in [-0.05, 0) is 19.5 Å². The van der Waals surface area contributed by atoms with Crippen LogP contribution >= 0.6 is 0 Å². The molecule has 0 radical (unpaired) electrons. The van der Waals surface area contributed by atoms with Crippen molar-refractivity contribution < 1.29 is 9.90 Å². The molecule has 3 nitrogen and oxygen atoms in total. The molecular weight excluding hydrogens is 178 g/mol. The molecule has 0 heterocycles. The summed E-state index contributed by atoms with van der Waals surface area (Å²) in [5, 5.41) is 8.79. The van der Waals surface area contributed by atoms with Crippen LogP contribution in [0.4, 0.5) is 0 Å². The second-order valence-corrected chi connectivity index (χ2v) is 3.41. The van der Waals surface area contributed by atoms with E-state index in [1.165, 1.54) is 0 Å². The maximum atomic E-state index is 10.7. The highest BCUT2D eigenvalue weighted by Gasteiger charge is 2.16. The fraction of sp³-hybridized carbons (Fsp3) is 0.364. The molecule has 0 aliphatic heterocycles. The molecule has 0 fully saturated rings. The molecule has 0 spiro atoms. The number of aliphatic carboxylic acids is 1. The standard InChI is InChI=1S/C11H15NO2/c1-9(11(13)14)12(2)8-10-6-4-3-5-7-10/h3-7,9H,8H2,1-2H3,(H,13,14). The first kappa shape index (κ1) is 10.7. The maximum absolute atomic E-state index is 10.7. The van der Waals surface area contributed by atoms with Crippen LogP contribution in [0.25, 0.3) is 0 Å². The first-order chi connectivity index (χ1) is 6.61. The monoisotopic (exact) mass is 193 g/mol. The molecule has 3 heteroatoms. The highest BCUT2D eigenvalue weighted by atomic mass is 16.4. The number of nitrogens with zero attached hydrogens (tertiary/aromatic N) is 1. The summed E-state index contributed by atoms with van der Waals surface area (Å²) >= 11 is 0. The Morgan fingerprint density at radius 2 is 2.00 bits per heavy atom. The fourth-order valence-electron chi connectivity index (χ4n) is 1.20. The second kappa shape index (κ2) is 4.77. The second-order valence-electron chi connectivity index (χ2n) is 3.41. The van der Waals surface area contributed by atoms with Gasteiger partial charge in [-0.25, -0.2) is 0 Å². The Morgan fingerprint density at radius 1 is 1.43 bits per heavy atom. The largest absolute Gasteiger partial charge is 0.480 e. The zero-order valence-corrected chi connectivity index (χ0v) is 8.47. The minimum Gasteiger partial charge on any atom is -0.480 e. The van der Waals surface area contributed by atoms with Crippen LogP contribution < -0.4 is 0 Å². The number of carbonyl (C=O) groups is 1. The van der Waals surface area contributed by atoms with Crippen LogP contribution in [0, 0.1) is 0 Å². The van der Waals surface area contributed by atoms with Gasteiger partial charge in [-0.15, -0.1) is 0 Å². The Balaban J connectivity index is 2.57. The fourth-order valence-corrected chi connectivity index (χ4v) is 1.20. The van der Waals surface area contributed by atoms with Crippen molar-refractivity contribution in [3.63, 3.8) is 0 Å². The van der Waals surface area contributed by atoms with E-state index in [1.807, 2.05) is 37.4 Å². The third-order valence-corrected chi connectivity index (χ3v) is 2.29. The molecule has 1 rings (SSSR count). The van der Waals surface area contributed by atoms with Gasteiger partial charge in [0.25, 0.3) is 0 Å². The van der Waals surface area contributed by atoms with E-state index in [2.05, 4.69) is 0 Å². The average Bonchev–Trinajstić information content (AvgIpc) is 2.18. The minimum absolute atomic E-state index is 0.449. The van der Waals surface area contributed by atoms with Crippen molar-refractivity contribution in [2.75, 3.05) is 7.05 Å². The lowest BCUT2D eigenvalue weighted by Crippen LogP contribution is -2.35. The van der Waals surface area contributed by atoms with E-state index in [9.17, 15) is 4.79 Å². The highest BCUT2D eigenvalue weighted by Crippen LogP contribution is 2.05. The first-order valence-corrected chi connectivity index (χ1v) is 4.58. The molecule has 1 N–H and O–H groups in total. The van der Waals surface area contributed by atoms with Crippen LogP contribution in [0.15, 0.2) is 30.3 Å². The van der Waals surface area contributed by atoms with Gasteiger partial charge in [-0.2, -0.15) is 0 Å². The van der Waals surface area contributed by atoms with E-state index >= 15 is 0 Å². The molecule has 1 aromatic rings. The third kappa shape index (κ3) is 2.85. The van der Waals surface area contributed by atoms with Crippen LogP contribution in [-0.4, -0.2) is 29.1 Å². The molecule has 1 atom stereocenters. The number of rotatable bonds is 4. The Labute approximate surface area is 84.0 Å². The molecule has 0 saturated carbocycles. The number of hydrogen-bond acceptors (Lipinski definition) is 2. The molecule has 0 aliphatic carbocycles. The van der Waals surface area contributed by atoms with E-state index in [0.29, 0.717) is 6.54 Å². The van der Waals surface area contributed by atoms with E-state index < -0.39 is 12.0 Å². The Kier molecular flexibility index (Phi) is 3.65. The topological polar surface area (TPSA) is 40.5 Å². The summed E-state index contributed by atoms with van der Waals surface area (Å²) in [4.78, 5) is 12.5. The van der Waals surface area contributed by atoms with Crippen molar-refractivity contribution in [3.8, 4) is 0 Å². The van der Waals surface area contributed by atoms with Crippen LogP contribution in [0.2, 0.25) is 0 Å². The zero-order valence-electron chi connectivity index (χ0n) is 8.47. The predicted molar refractivity (Wildman–Crippen MR) is 55.0 cm³/mol. The summed E-state index contributed by atoms with van der Waals surface area (Å²) in [6, 6.07) is 9.39. The summed E-state index contributed by atoms with van der Waals surface area (Å²) in [5.74, 6) is -0.788. The SMILES string of the molecule is CC(C(=O)O)N(C)Cc1ccccc1. The van der Waals surface area contributed by atoms with Gasteiger partial charge in [0.15, 0.2) is 0 Å². The van der Waals surface area contributed by atoms with Crippen LogP contribution in [0.3, 0.4) is 0 Å². The normalized spacial score (nSPS) is 12.8. The third-order valence-electron chi connectivity index (χ3n) is 2.29. The van der Waals surface area contributed by atoms with Gasteiger partial charge in [-0.1, -0.05) is 30.3 Å². The van der Waals surface area contributed by atoms with Gasteiger partial charge >= 0.3 is 5.97 Å². The van der Waals surface area contributed by atoms with Crippen molar-refractivity contribution in [1.82, 2.24) is 4.90 Å². The summed E-state index contributed by atoms with van der Waals surface area (Å²) in [6.45, 7) is 2.35. The van der Waals surface area contributed by atoms with E-state index in [-0.39, 0.29) is 0 Å². The Bertz CT molecular complexity index is 297. The van der Waals surface area contributed by atoms with Crippen molar-refractivity contribution >= 4 is 5.97 Å². The van der Waals surface area contributed by atoms with Gasteiger partial charge in [0, 0.05) is 6.54 Å². The van der Waals surface area contributed by atoms with Gasteiger partial charge in [0.1, 0.15) is 6.04 Å². The molecule has 1 unspecified atom stereocenters. The van der Waals surface area contributed by atoms with E-state index in [1.54, 1.807) is 11.8 Å². The summed E-state index contributed by atoms with van der Waals surface area (Å²) < 4.78 is 0. The Morgan fingerprint density at radius 3 is 2.50 bits per heavy atom. The Hall–Kier alpha value is -1.35. The smallest absolute Gasteiger partial charge is 0.320 e. The zero-order chi connectivity index (χ0) is 10.6. The van der Waals surface area contributed by atoms with Crippen molar-refractivity contribution in [2.45, 2.75) is 19.5 Å². The molecule has 0 aliphatic rings. The molecule has 0 saturated heterocycles. The molecular formula is C11H15NO2. The number of hydrogen-bond donors (Lipinski definition) is 1. The lowest BCUT2D eigenvalue weighted by atomic mass is 10.2. The lowest BCUT2D eigenvalue weighted by Gasteiger charge is -2.20. The summed E-state index contributed by atoms with van der Waals surface area (Å²) in [7, 11) is 1.81. The number of carboxylic acids is 1.